The normalized spacial score (nSPS) is 20.9. The third-order valence-corrected chi connectivity index (χ3v) is 4.25. The van der Waals surface area contributed by atoms with Crippen molar-refractivity contribution in [1.82, 2.24) is 5.32 Å². The van der Waals surface area contributed by atoms with E-state index in [4.69, 9.17) is 21.7 Å². The molecule has 0 aromatic heterocycles. The van der Waals surface area contributed by atoms with E-state index in [0.717, 1.165) is 0 Å². The van der Waals surface area contributed by atoms with Gasteiger partial charge in [0.25, 0.3) is 0 Å². The Kier molecular flexibility index (Phi) is 5.42. The lowest BCUT2D eigenvalue weighted by molar-refractivity contribution is 0.122. The number of nitrogens with one attached hydrogen (secondary N) is 1. The molecule has 2 aliphatic heterocycles. The summed E-state index contributed by atoms with van der Waals surface area (Å²) >= 11 is 8.78. The minimum Gasteiger partial charge on any atom is -0.442 e. The van der Waals surface area contributed by atoms with Crippen molar-refractivity contribution in [3.8, 4) is 0 Å². The standard InChI is InChI=1S/C15H18FN3O3S2/c16-12-7-10(1-2-13(12)18-3-5-21-6-4-18)19-9-11(22-15(19)20)8-17-14(23)24/h1-2,7,11H,3-6,8-9H2,(H2,17,23,24)/t11-/m0/s1. The zero-order valence-corrected chi connectivity index (χ0v) is 14.6. The van der Waals surface area contributed by atoms with Crippen molar-refractivity contribution in [3.63, 3.8) is 0 Å². The number of nitrogens with zero attached hydrogens (tertiary/aromatic N) is 2. The number of carbonyl (C=O) groups excluding carboxylic acids is 1. The van der Waals surface area contributed by atoms with E-state index >= 15 is 0 Å². The van der Waals surface area contributed by atoms with E-state index in [1.54, 1.807) is 12.1 Å². The van der Waals surface area contributed by atoms with Crippen LogP contribution < -0.4 is 15.1 Å². The van der Waals surface area contributed by atoms with Gasteiger partial charge in [0.2, 0.25) is 0 Å². The predicted molar refractivity (Wildman–Crippen MR) is 96.6 cm³/mol. The molecule has 0 spiro atoms. The summed E-state index contributed by atoms with van der Waals surface area (Å²) in [6.45, 7) is 3.18. The monoisotopic (exact) mass is 371 g/mol. The van der Waals surface area contributed by atoms with Gasteiger partial charge in [-0.15, -0.1) is 12.6 Å². The number of anilines is 2. The van der Waals surface area contributed by atoms with E-state index in [0.29, 0.717) is 55.1 Å². The molecule has 2 aliphatic rings. The molecule has 1 amide bonds. The third kappa shape index (κ3) is 3.90. The summed E-state index contributed by atoms with van der Waals surface area (Å²) in [6, 6.07) is 4.79. The Bertz CT molecular complexity index is 640. The highest BCUT2D eigenvalue weighted by atomic mass is 32.1. The van der Waals surface area contributed by atoms with Crippen LogP contribution in [-0.4, -0.2) is 55.9 Å². The zero-order chi connectivity index (χ0) is 17.1. The molecular formula is C15H18FN3O3S2. The number of benzene rings is 1. The fourth-order valence-corrected chi connectivity index (χ4v) is 2.94. The first-order valence-electron chi connectivity index (χ1n) is 7.62. The predicted octanol–water partition coefficient (Wildman–Crippen LogP) is 1.79. The molecule has 24 heavy (non-hydrogen) atoms. The van der Waals surface area contributed by atoms with Crippen molar-refractivity contribution in [3.05, 3.63) is 24.0 Å². The molecule has 0 radical (unpaired) electrons. The second-order valence-electron chi connectivity index (χ2n) is 5.54. The van der Waals surface area contributed by atoms with Crippen molar-refractivity contribution in [2.45, 2.75) is 6.10 Å². The van der Waals surface area contributed by atoms with Crippen molar-refractivity contribution >= 4 is 46.6 Å². The summed E-state index contributed by atoms with van der Waals surface area (Å²) < 4.78 is 25.3. The van der Waals surface area contributed by atoms with Crippen LogP contribution in [0.15, 0.2) is 18.2 Å². The zero-order valence-electron chi connectivity index (χ0n) is 12.9. The van der Waals surface area contributed by atoms with Gasteiger partial charge in [-0.25, -0.2) is 9.18 Å². The number of amides is 1. The lowest BCUT2D eigenvalue weighted by atomic mass is 10.2. The topological polar surface area (TPSA) is 54.0 Å². The number of thiol groups is 1. The van der Waals surface area contributed by atoms with Crippen LogP contribution in [0, 0.1) is 5.82 Å². The van der Waals surface area contributed by atoms with Crippen molar-refractivity contribution in [2.75, 3.05) is 49.2 Å². The first kappa shape index (κ1) is 17.2. The summed E-state index contributed by atoms with van der Waals surface area (Å²) in [4.78, 5) is 15.4. The Labute approximate surface area is 150 Å². The van der Waals surface area contributed by atoms with Crippen LogP contribution in [0.5, 0.6) is 0 Å². The average Bonchev–Trinajstić information content (AvgIpc) is 2.94. The van der Waals surface area contributed by atoms with Gasteiger partial charge in [-0.1, -0.05) is 12.2 Å². The second kappa shape index (κ2) is 7.54. The lowest BCUT2D eigenvalue weighted by Gasteiger charge is -2.29. The van der Waals surface area contributed by atoms with Crippen LogP contribution in [0.3, 0.4) is 0 Å². The van der Waals surface area contributed by atoms with Gasteiger partial charge in [0.1, 0.15) is 16.2 Å². The summed E-state index contributed by atoms with van der Waals surface area (Å²) in [5.74, 6) is -0.361. The maximum absolute atomic E-state index is 14.5. The van der Waals surface area contributed by atoms with Gasteiger partial charge >= 0.3 is 6.09 Å². The van der Waals surface area contributed by atoms with Gasteiger partial charge in [0.05, 0.1) is 37.7 Å². The largest absolute Gasteiger partial charge is 0.442 e. The number of morpholine rings is 1. The Morgan fingerprint density at radius 2 is 2.17 bits per heavy atom. The number of carbonyl (C=O) groups is 1. The number of halogens is 1. The molecule has 6 nitrogen and oxygen atoms in total. The van der Waals surface area contributed by atoms with Crippen molar-refractivity contribution < 1.29 is 18.7 Å². The molecule has 9 heteroatoms. The van der Waals surface area contributed by atoms with E-state index in [1.165, 1.54) is 11.0 Å². The number of thiocarbonyl (C=S) groups is 1. The van der Waals surface area contributed by atoms with E-state index in [2.05, 4.69) is 17.9 Å². The van der Waals surface area contributed by atoms with E-state index in [1.807, 2.05) is 4.90 Å². The van der Waals surface area contributed by atoms with Gasteiger partial charge in [0, 0.05) is 13.1 Å². The van der Waals surface area contributed by atoms with Crippen LogP contribution in [0.4, 0.5) is 20.6 Å². The molecule has 3 rings (SSSR count). The number of hydrogen-bond donors (Lipinski definition) is 2. The summed E-state index contributed by atoms with van der Waals surface area (Å²) in [7, 11) is 0. The van der Waals surface area contributed by atoms with Crippen LogP contribution in [0.1, 0.15) is 0 Å². The summed E-state index contributed by atoms with van der Waals surface area (Å²) in [6.07, 6.45) is -0.852. The van der Waals surface area contributed by atoms with Gasteiger partial charge in [0.15, 0.2) is 0 Å². The van der Waals surface area contributed by atoms with Crippen LogP contribution in [-0.2, 0) is 9.47 Å². The molecule has 0 bridgehead atoms. The minimum absolute atomic E-state index is 0.332. The molecule has 0 saturated carbocycles. The molecule has 0 aliphatic carbocycles. The molecule has 1 aromatic rings. The molecule has 1 N–H and O–H groups in total. The maximum atomic E-state index is 14.5. The maximum Gasteiger partial charge on any atom is 0.414 e. The van der Waals surface area contributed by atoms with E-state index in [-0.39, 0.29) is 11.9 Å². The molecule has 1 atom stereocenters. The number of cyclic esters (lactones) is 1. The number of ether oxygens (including phenoxy) is 2. The first-order valence-corrected chi connectivity index (χ1v) is 8.47. The number of rotatable bonds is 4. The van der Waals surface area contributed by atoms with Crippen molar-refractivity contribution in [2.24, 2.45) is 0 Å². The van der Waals surface area contributed by atoms with Gasteiger partial charge in [-0.05, 0) is 18.2 Å². The second-order valence-corrected chi connectivity index (χ2v) is 6.70. The fraction of sp³-hybridized carbons (Fsp3) is 0.467. The Hall–Kier alpha value is -1.58. The van der Waals surface area contributed by atoms with Gasteiger partial charge in [-0.2, -0.15) is 0 Å². The molecule has 2 fully saturated rings. The van der Waals surface area contributed by atoms with Gasteiger partial charge < -0.3 is 19.7 Å². The van der Waals surface area contributed by atoms with Crippen LogP contribution in [0.2, 0.25) is 0 Å². The Balaban J connectivity index is 1.69. The SMILES string of the molecule is O=C1O[C@@H](CNC(=S)S)CN1c1ccc(N2CCOCC2)c(F)c1. The lowest BCUT2D eigenvalue weighted by Crippen LogP contribution is -2.36. The Morgan fingerprint density at radius 1 is 1.42 bits per heavy atom. The van der Waals surface area contributed by atoms with Gasteiger partial charge in [-0.3, -0.25) is 4.90 Å². The Morgan fingerprint density at radius 3 is 2.83 bits per heavy atom. The molecule has 1 aromatic carbocycles. The van der Waals surface area contributed by atoms with Crippen molar-refractivity contribution in [1.29, 1.82) is 0 Å². The first-order chi connectivity index (χ1) is 11.5. The smallest absolute Gasteiger partial charge is 0.414 e. The van der Waals surface area contributed by atoms with Crippen LogP contribution >= 0.6 is 24.8 Å². The highest BCUT2D eigenvalue weighted by molar-refractivity contribution is 8.11. The minimum atomic E-state index is -0.495. The molecule has 2 heterocycles. The highest BCUT2D eigenvalue weighted by Gasteiger charge is 2.32. The highest BCUT2D eigenvalue weighted by Crippen LogP contribution is 2.28. The molecule has 2 saturated heterocycles. The summed E-state index contributed by atoms with van der Waals surface area (Å²) in [5.41, 5.74) is 0.999. The quantitative estimate of drug-likeness (QED) is 0.622. The molecule has 130 valence electrons. The van der Waals surface area contributed by atoms with Crippen LogP contribution in [0.25, 0.3) is 0 Å². The fourth-order valence-electron chi connectivity index (χ4n) is 2.76. The number of hydrogen-bond acceptors (Lipinski definition) is 5. The van der Waals surface area contributed by atoms with E-state index in [9.17, 15) is 9.18 Å². The summed E-state index contributed by atoms with van der Waals surface area (Å²) in [5, 5.41) is 2.84. The average molecular weight is 371 g/mol. The molecular weight excluding hydrogens is 353 g/mol. The molecule has 0 unspecified atom stereocenters. The van der Waals surface area contributed by atoms with E-state index < -0.39 is 6.09 Å². The third-order valence-electron chi connectivity index (χ3n) is 3.95.